The van der Waals surface area contributed by atoms with E-state index in [-0.39, 0.29) is 30.7 Å². The fourth-order valence-corrected chi connectivity index (χ4v) is 2.80. The van der Waals surface area contributed by atoms with E-state index in [0.717, 1.165) is 24.5 Å². The molecular weight excluding hydrogens is 361 g/mol. The summed E-state index contributed by atoms with van der Waals surface area (Å²) in [5, 5.41) is 0. The molecule has 25 heavy (non-hydrogen) atoms. The van der Waals surface area contributed by atoms with Crippen LogP contribution in [0.4, 0.5) is 5.82 Å². The second kappa shape index (κ2) is 10.2. The van der Waals surface area contributed by atoms with E-state index in [1.165, 1.54) is 0 Å². The number of aromatic nitrogens is 2. The van der Waals surface area contributed by atoms with Gasteiger partial charge in [-0.3, -0.25) is 9.78 Å². The highest BCUT2D eigenvalue weighted by atomic mass is 35.5. The molecular formula is C17H23Cl2N5O. The van der Waals surface area contributed by atoms with Crippen molar-refractivity contribution in [2.45, 2.75) is 12.5 Å². The van der Waals surface area contributed by atoms with Gasteiger partial charge < -0.3 is 15.5 Å². The molecule has 0 radical (unpaired) electrons. The zero-order valence-corrected chi connectivity index (χ0v) is 15.5. The van der Waals surface area contributed by atoms with Gasteiger partial charge in [-0.15, -0.1) is 24.8 Å². The number of rotatable bonds is 4. The summed E-state index contributed by atoms with van der Waals surface area (Å²) in [5.74, 6) is 0.876. The molecule has 1 fully saturated rings. The van der Waals surface area contributed by atoms with Gasteiger partial charge >= 0.3 is 0 Å². The Morgan fingerprint density at radius 1 is 1.08 bits per heavy atom. The van der Waals surface area contributed by atoms with Gasteiger partial charge in [0.1, 0.15) is 5.82 Å². The van der Waals surface area contributed by atoms with Crippen LogP contribution in [0.15, 0.2) is 48.9 Å². The van der Waals surface area contributed by atoms with Gasteiger partial charge in [0.2, 0.25) is 5.91 Å². The Labute approximate surface area is 160 Å². The van der Waals surface area contributed by atoms with Crippen molar-refractivity contribution in [3.05, 3.63) is 54.5 Å². The van der Waals surface area contributed by atoms with Crippen LogP contribution in [0.2, 0.25) is 0 Å². The molecule has 0 bridgehead atoms. The molecule has 0 saturated carbocycles. The number of hydrogen-bond donors (Lipinski definition) is 1. The zero-order chi connectivity index (χ0) is 16.1. The van der Waals surface area contributed by atoms with Crippen LogP contribution >= 0.6 is 24.8 Å². The minimum absolute atomic E-state index is 0. The Morgan fingerprint density at radius 2 is 1.76 bits per heavy atom. The summed E-state index contributed by atoms with van der Waals surface area (Å²) in [6.07, 6.45) is 5.66. The standard InChI is InChI=1S/C17H21N5O.2ClH/c18-15(12-14-4-2-1-3-5-14)17(23)22-10-8-21(9-11-22)16-13-19-6-7-20-16;;/h1-7,13,15H,8-12,18H2;2*1H/t15-;;/m0../s1. The third kappa shape index (κ3) is 5.56. The Hall–Kier alpha value is -1.89. The third-order valence-corrected chi connectivity index (χ3v) is 4.08. The van der Waals surface area contributed by atoms with Gasteiger partial charge in [0.15, 0.2) is 0 Å². The van der Waals surface area contributed by atoms with Crippen LogP contribution in [-0.4, -0.2) is 53.0 Å². The normalized spacial score (nSPS) is 14.9. The summed E-state index contributed by atoms with van der Waals surface area (Å²) >= 11 is 0. The van der Waals surface area contributed by atoms with Crippen LogP contribution in [0.3, 0.4) is 0 Å². The van der Waals surface area contributed by atoms with Gasteiger partial charge in [0.05, 0.1) is 12.2 Å². The lowest BCUT2D eigenvalue weighted by molar-refractivity contribution is -0.132. The maximum atomic E-state index is 12.5. The van der Waals surface area contributed by atoms with Gasteiger partial charge in [-0.05, 0) is 12.0 Å². The molecule has 1 aromatic heterocycles. The third-order valence-electron chi connectivity index (χ3n) is 4.08. The first-order valence-corrected chi connectivity index (χ1v) is 7.83. The molecule has 3 rings (SSSR count). The Bertz CT molecular complexity index is 636. The van der Waals surface area contributed by atoms with E-state index in [9.17, 15) is 4.79 Å². The molecule has 1 saturated heterocycles. The first kappa shape index (κ1) is 21.2. The summed E-state index contributed by atoms with van der Waals surface area (Å²) < 4.78 is 0. The number of benzene rings is 1. The summed E-state index contributed by atoms with van der Waals surface area (Å²) in [4.78, 5) is 24.9. The number of nitrogens with two attached hydrogens (primary N) is 1. The summed E-state index contributed by atoms with van der Waals surface area (Å²) in [6, 6.07) is 9.40. The van der Waals surface area contributed by atoms with E-state index in [4.69, 9.17) is 5.73 Å². The maximum Gasteiger partial charge on any atom is 0.239 e. The molecule has 2 N–H and O–H groups in total. The summed E-state index contributed by atoms with van der Waals surface area (Å²) in [6.45, 7) is 2.83. The number of piperazine rings is 1. The highest BCUT2D eigenvalue weighted by Crippen LogP contribution is 2.12. The fraction of sp³-hybridized carbons (Fsp3) is 0.353. The summed E-state index contributed by atoms with van der Waals surface area (Å²) in [5.41, 5.74) is 7.19. The number of nitrogens with zero attached hydrogens (tertiary/aromatic N) is 4. The molecule has 2 heterocycles. The predicted octanol–water partition coefficient (Wildman–Crippen LogP) is 1.54. The minimum Gasteiger partial charge on any atom is -0.352 e. The fourth-order valence-electron chi connectivity index (χ4n) is 2.80. The first-order valence-electron chi connectivity index (χ1n) is 7.83. The minimum atomic E-state index is -0.486. The van der Waals surface area contributed by atoms with Crippen molar-refractivity contribution >= 4 is 36.5 Å². The van der Waals surface area contributed by atoms with Gasteiger partial charge in [0, 0.05) is 38.6 Å². The highest BCUT2D eigenvalue weighted by molar-refractivity contribution is 5.85. The number of carbonyl (C=O) groups is 1. The number of anilines is 1. The lowest BCUT2D eigenvalue weighted by Gasteiger charge is -2.36. The number of carbonyl (C=O) groups excluding carboxylic acids is 1. The van der Waals surface area contributed by atoms with Gasteiger partial charge in [-0.25, -0.2) is 4.98 Å². The van der Waals surface area contributed by atoms with Crippen LogP contribution in [0.25, 0.3) is 0 Å². The van der Waals surface area contributed by atoms with Crippen molar-refractivity contribution in [1.82, 2.24) is 14.9 Å². The Kier molecular flexibility index (Phi) is 8.61. The SMILES string of the molecule is Cl.Cl.N[C@@H](Cc1ccccc1)C(=O)N1CCN(c2cnccn2)CC1. The molecule has 1 aliphatic heterocycles. The van der Waals surface area contributed by atoms with Gasteiger partial charge in [-0.2, -0.15) is 0 Å². The van der Waals surface area contributed by atoms with Crippen LogP contribution in [0, 0.1) is 0 Å². The number of hydrogen-bond acceptors (Lipinski definition) is 5. The molecule has 0 spiro atoms. The van der Waals surface area contributed by atoms with Crippen molar-refractivity contribution < 1.29 is 4.79 Å². The van der Waals surface area contributed by atoms with E-state index < -0.39 is 6.04 Å². The molecule has 1 amide bonds. The second-order valence-electron chi connectivity index (χ2n) is 5.67. The topological polar surface area (TPSA) is 75.4 Å². The lowest BCUT2D eigenvalue weighted by Crippen LogP contribution is -2.53. The number of halogens is 2. The molecule has 1 atom stereocenters. The average Bonchev–Trinajstić information content (AvgIpc) is 2.63. The second-order valence-corrected chi connectivity index (χ2v) is 5.67. The molecule has 1 aliphatic rings. The van der Waals surface area contributed by atoms with E-state index in [2.05, 4.69) is 14.9 Å². The Morgan fingerprint density at radius 3 is 2.36 bits per heavy atom. The monoisotopic (exact) mass is 383 g/mol. The van der Waals surface area contributed by atoms with Crippen molar-refractivity contribution in [2.24, 2.45) is 5.73 Å². The smallest absolute Gasteiger partial charge is 0.239 e. The first-order chi connectivity index (χ1) is 11.2. The zero-order valence-electron chi connectivity index (χ0n) is 13.8. The van der Waals surface area contributed by atoms with Crippen LogP contribution < -0.4 is 10.6 Å². The largest absolute Gasteiger partial charge is 0.352 e. The quantitative estimate of drug-likeness (QED) is 0.866. The molecule has 0 aliphatic carbocycles. The highest BCUT2D eigenvalue weighted by Gasteiger charge is 2.25. The van der Waals surface area contributed by atoms with E-state index in [0.29, 0.717) is 19.5 Å². The predicted molar refractivity (Wildman–Crippen MR) is 103 cm³/mol. The molecule has 0 unspecified atom stereocenters. The summed E-state index contributed by atoms with van der Waals surface area (Å²) in [7, 11) is 0. The van der Waals surface area contributed by atoms with Crippen molar-refractivity contribution in [2.75, 3.05) is 31.1 Å². The molecule has 2 aromatic rings. The van der Waals surface area contributed by atoms with Crippen molar-refractivity contribution in [3.63, 3.8) is 0 Å². The average molecular weight is 384 g/mol. The number of amides is 1. The lowest BCUT2D eigenvalue weighted by atomic mass is 10.1. The van der Waals surface area contributed by atoms with Gasteiger partial charge in [-0.1, -0.05) is 30.3 Å². The van der Waals surface area contributed by atoms with E-state index in [1.807, 2.05) is 35.2 Å². The van der Waals surface area contributed by atoms with Crippen LogP contribution in [0.1, 0.15) is 5.56 Å². The molecule has 1 aromatic carbocycles. The maximum absolute atomic E-state index is 12.5. The van der Waals surface area contributed by atoms with E-state index in [1.54, 1.807) is 18.6 Å². The molecule has 136 valence electrons. The molecule has 6 nitrogen and oxygen atoms in total. The van der Waals surface area contributed by atoms with Gasteiger partial charge in [0.25, 0.3) is 0 Å². The van der Waals surface area contributed by atoms with Crippen LogP contribution in [0.5, 0.6) is 0 Å². The molecule has 8 heteroatoms. The van der Waals surface area contributed by atoms with E-state index >= 15 is 0 Å². The van der Waals surface area contributed by atoms with Crippen LogP contribution in [-0.2, 0) is 11.2 Å². The Balaban J connectivity index is 0.00000156. The van der Waals surface area contributed by atoms with Crippen molar-refractivity contribution in [1.29, 1.82) is 0 Å². The van der Waals surface area contributed by atoms with Crippen molar-refractivity contribution in [3.8, 4) is 0 Å².